The number of methoxy groups -OCH3 is 1. The minimum absolute atomic E-state index is 0.0166. The predicted octanol–water partition coefficient (Wildman–Crippen LogP) is 3.83. The van der Waals surface area contributed by atoms with Crippen molar-refractivity contribution in [3.8, 4) is 0 Å². The molecule has 0 saturated carbocycles. The van der Waals surface area contributed by atoms with Gasteiger partial charge >= 0.3 is 5.97 Å². The summed E-state index contributed by atoms with van der Waals surface area (Å²) in [6.45, 7) is 4.98. The van der Waals surface area contributed by atoms with Crippen LogP contribution in [0.3, 0.4) is 0 Å². The lowest BCUT2D eigenvalue weighted by atomic mass is 9.61. The second kappa shape index (κ2) is 7.69. The standard InChI is InChI=1S/C27H30N2O4/c1-26(32-14-15-33-26)21-16-19(25(30)31-2)23-27(20-10-6-7-11-22(20)28-23)12-13-29(24(21)27)17-18-8-4-3-5-9-18/h3-11,21,24,28H,12-17H2,1-2H3/t21-,24+,27+/m0/s1. The van der Waals surface area contributed by atoms with Crippen LogP contribution in [-0.4, -0.2) is 49.6 Å². The van der Waals surface area contributed by atoms with Gasteiger partial charge in [0.05, 0.1) is 31.3 Å². The second-order valence-corrected chi connectivity index (χ2v) is 9.66. The van der Waals surface area contributed by atoms with Gasteiger partial charge in [-0.1, -0.05) is 48.5 Å². The summed E-state index contributed by atoms with van der Waals surface area (Å²) >= 11 is 0. The van der Waals surface area contributed by atoms with Gasteiger partial charge in [-0.2, -0.15) is 0 Å². The number of fused-ring (bicyclic) bond motifs is 1. The molecule has 172 valence electrons. The summed E-state index contributed by atoms with van der Waals surface area (Å²) in [4.78, 5) is 15.6. The average Bonchev–Trinajstić information content (AvgIpc) is 3.54. The van der Waals surface area contributed by atoms with Gasteiger partial charge in [0, 0.05) is 36.4 Å². The number of hydrogen-bond acceptors (Lipinski definition) is 6. The Morgan fingerprint density at radius 3 is 2.61 bits per heavy atom. The maximum Gasteiger partial charge on any atom is 0.335 e. The Morgan fingerprint density at radius 2 is 1.85 bits per heavy atom. The van der Waals surface area contributed by atoms with Gasteiger partial charge in [-0.3, -0.25) is 4.90 Å². The third-order valence-corrected chi connectivity index (χ3v) is 8.11. The van der Waals surface area contributed by atoms with Gasteiger partial charge in [-0.25, -0.2) is 4.79 Å². The number of ether oxygens (including phenoxy) is 3. The molecule has 2 aromatic rings. The van der Waals surface area contributed by atoms with Crippen molar-refractivity contribution in [1.82, 2.24) is 4.90 Å². The van der Waals surface area contributed by atoms with Crippen LogP contribution in [0.25, 0.3) is 0 Å². The Hall–Kier alpha value is -2.67. The number of nitrogens with zero attached hydrogens (tertiary/aromatic N) is 1. The molecule has 6 nitrogen and oxygen atoms in total. The van der Waals surface area contributed by atoms with Crippen molar-refractivity contribution in [3.63, 3.8) is 0 Å². The van der Waals surface area contributed by atoms with Crippen LogP contribution in [0.1, 0.15) is 30.9 Å². The third kappa shape index (κ3) is 3.01. The number of nitrogens with one attached hydrogen (secondary N) is 1. The lowest BCUT2D eigenvalue weighted by Gasteiger charge is -2.49. The van der Waals surface area contributed by atoms with E-state index in [4.69, 9.17) is 14.2 Å². The van der Waals surface area contributed by atoms with Gasteiger partial charge in [0.2, 0.25) is 0 Å². The molecule has 1 spiro atoms. The molecule has 1 aliphatic carbocycles. The largest absolute Gasteiger partial charge is 0.466 e. The highest BCUT2D eigenvalue weighted by Crippen LogP contribution is 2.61. The van der Waals surface area contributed by atoms with E-state index in [1.165, 1.54) is 18.2 Å². The van der Waals surface area contributed by atoms with Crippen LogP contribution in [0.15, 0.2) is 65.9 Å². The lowest BCUT2D eigenvalue weighted by Crippen LogP contribution is -2.58. The fourth-order valence-electron chi connectivity index (χ4n) is 6.74. The highest BCUT2D eigenvalue weighted by Gasteiger charge is 2.64. The van der Waals surface area contributed by atoms with Gasteiger partial charge in [-0.15, -0.1) is 0 Å². The number of benzene rings is 2. The van der Waals surface area contributed by atoms with Gasteiger partial charge in [-0.05, 0) is 37.0 Å². The van der Waals surface area contributed by atoms with E-state index in [9.17, 15) is 4.79 Å². The van der Waals surface area contributed by atoms with E-state index in [-0.39, 0.29) is 23.3 Å². The first-order chi connectivity index (χ1) is 16.1. The Morgan fingerprint density at radius 1 is 1.12 bits per heavy atom. The maximum absolute atomic E-state index is 13.1. The smallest absolute Gasteiger partial charge is 0.335 e. The molecule has 0 amide bonds. The summed E-state index contributed by atoms with van der Waals surface area (Å²) in [5, 5.41) is 3.64. The Kier molecular flexibility index (Phi) is 4.87. The fourth-order valence-corrected chi connectivity index (χ4v) is 6.74. The number of likely N-dealkylation sites (tertiary alicyclic amines) is 1. The summed E-state index contributed by atoms with van der Waals surface area (Å²) in [6, 6.07) is 19.2. The molecule has 33 heavy (non-hydrogen) atoms. The molecule has 3 atom stereocenters. The van der Waals surface area contributed by atoms with Crippen LogP contribution in [-0.2, 0) is 31.0 Å². The monoisotopic (exact) mass is 446 g/mol. The van der Waals surface area contributed by atoms with Crippen LogP contribution < -0.4 is 5.32 Å². The summed E-state index contributed by atoms with van der Waals surface area (Å²) in [6.07, 6.45) is 1.48. The first-order valence-electron chi connectivity index (χ1n) is 11.8. The van der Waals surface area contributed by atoms with Crippen LogP contribution >= 0.6 is 0 Å². The second-order valence-electron chi connectivity index (χ2n) is 9.66. The van der Waals surface area contributed by atoms with E-state index >= 15 is 0 Å². The van der Waals surface area contributed by atoms with Crippen molar-refractivity contribution in [2.24, 2.45) is 5.92 Å². The van der Waals surface area contributed by atoms with Crippen molar-refractivity contribution in [2.45, 2.75) is 43.6 Å². The number of esters is 1. The lowest BCUT2D eigenvalue weighted by molar-refractivity contribution is -0.200. The number of carbonyl (C=O) groups excluding carboxylic acids is 1. The topological polar surface area (TPSA) is 60.0 Å². The number of anilines is 1. The minimum Gasteiger partial charge on any atom is -0.466 e. The molecule has 3 heterocycles. The van der Waals surface area contributed by atoms with Crippen LogP contribution in [0.4, 0.5) is 5.69 Å². The molecule has 2 saturated heterocycles. The molecule has 2 aromatic carbocycles. The minimum atomic E-state index is -0.751. The molecule has 2 fully saturated rings. The third-order valence-electron chi connectivity index (χ3n) is 8.11. The number of para-hydroxylation sites is 1. The molecule has 6 rings (SSSR count). The molecule has 0 radical (unpaired) electrons. The highest BCUT2D eigenvalue weighted by atomic mass is 16.7. The zero-order valence-electron chi connectivity index (χ0n) is 19.2. The summed E-state index contributed by atoms with van der Waals surface area (Å²) in [5.41, 5.74) is 5.03. The van der Waals surface area contributed by atoms with Gasteiger partial charge < -0.3 is 19.5 Å². The molecule has 3 aliphatic heterocycles. The molecule has 6 heteroatoms. The fraction of sp³-hybridized carbons (Fsp3) is 0.444. The summed E-state index contributed by atoms with van der Waals surface area (Å²) in [5.74, 6) is -1.03. The SMILES string of the molecule is COC(=O)C1=C2Nc3ccccc3[C@]23CCN(Cc2ccccc2)[C@@H]3[C@@H](C2(C)OCCO2)C1. The Bertz CT molecular complexity index is 1110. The summed E-state index contributed by atoms with van der Waals surface area (Å²) < 4.78 is 17.8. The molecule has 4 aliphatic rings. The van der Waals surface area contributed by atoms with Crippen LogP contribution in [0, 0.1) is 5.92 Å². The van der Waals surface area contributed by atoms with Crippen LogP contribution in [0.5, 0.6) is 0 Å². The first-order valence-corrected chi connectivity index (χ1v) is 11.8. The average molecular weight is 447 g/mol. The van der Waals surface area contributed by atoms with Crippen molar-refractivity contribution >= 4 is 11.7 Å². The maximum atomic E-state index is 13.1. The number of rotatable bonds is 4. The number of hydrogen-bond donors (Lipinski definition) is 1. The summed E-state index contributed by atoms with van der Waals surface area (Å²) in [7, 11) is 1.46. The van der Waals surface area contributed by atoms with Crippen LogP contribution in [0.2, 0.25) is 0 Å². The highest BCUT2D eigenvalue weighted by molar-refractivity contribution is 5.93. The van der Waals surface area contributed by atoms with Crippen molar-refractivity contribution in [3.05, 3.63) is 77.0 Å². The van der Waals surface area contributed by atoms with Gasteiger partial charge in [0.1, 0.15) is 0 Å². The molecular weight excluding hydrogens is 416 g/mol. The van der Waals surface area contributed by atoms with Crippen molar-refractivity contribution in [1.29, 1.82) is 0 Å². The van der Waals surface area contributed by atoms with Gasteiger partial charge in [0.15, 0.2) is 5.79 Å². The zero-order valence-corrected chi connectivity index (χ0v) is 19.2. The Labute approximate surface area is 194 Å². The quantitative estimate of drug-likeness (QED) is 0.721. The molecule has 0 unspecified atom stereocenters. The molecule has 0 aromatic heterocycles. The molecule has 1 N–H and O–H groups in total. The van der Waals surface area contributed by atoms with E-state index in [2.05, 4.69) is 58.7 Å². The molecular formula is C27H30N2O4. The number of carbonyl (C=O) groups is 1. The first kappa shape index (κ1) is 20.9. The van der Waals surface area contributed by atoms with Gasteiger partial charge in [0.25, 0.3) is 0 Å². The van der Waals surface area contributed by atoms with Crippen molar-refractivity contribution in [2.75, 3.05) is 32.2 Å². The van der Waals surface area contributed by atoms with E-state index in [0.717, 1.165) is 36.5 Å². The zero-order chi connectivity index (χ0) is 22.6. The van der Waals surface area contributed by atoms with E-state index in [0.29, 0.717) is 19.6 Å². The normalized spacial score (nSPS) is 29.9. The predicted molar refractivity (Wildman–Crippen MR) is 124 cm³/mol. The molecule has 0 bridgehead atoms. The van der Waals surface area contributed by atoms with E-state index in [1.54, 1.807) is 0 Å². The van der Waals surface area contributed by atoms with E-state index < -0.39 is 5.79 Å². The Balaban J connectivity index is 1.54. The van der Waals surface area contributed by atoms with E-state index in [1.807, 2.05) is 13.0 Å². The van der Waals surface area contributed by atoms with Crippen molar-refractivity contribution < 1.29 is 19.0 Å².